The van der Waals surface area contributed by atoms with Gasteiger partial charge < -0.3 is 5.73 Å². The third-order valence-corrected chi connectivity index (χ3v) is 3.60. The molecule has 0 spiro atoms. The number of nitrogens with zero attached hydrogens (tertiary/aromatic N) is 3. The topological polar surface area (TPSA) is 56.7 Å². The summed E-state index contributed by atoms with van der Waals surface area (Å²) in [4.78, 5) is 0. The van der Waals surface area contributed by atoms with Gasteiger partial charge in [0.05, 0.1) is 18.1 Å². The molecule has 2 aromatic rings. The van der Waals surface area contributed by atoms with Crippen LogP contribution in [0.5, 0.6) is 0 Å². The van der Waals surface area contributed by atoms with Gasteiger partial charge in [-0.1, -0.05) is 30.2 Å². The summed E-state index contributed by atoms with van der Waals surface area (Å²) in [6, 6.07) is 8.31. The fourth-order valence-electron chi connectivity index (χ4n) is 2.60. The lowest BCUT2D eigenvalue weighted by atomic mass is 9.89. The van der Waals surface area contributed by atoms with E-state index in [-0.39, 0.29) is 5.54 Å². The first-order chi connectivity index (χ1) is 8.28. The Morgan fingerprint density at radius 3 is 2.76 bits per heavy atom. The third-order valence-electron chi connectivity index (χ3n) is 3.60. The Bertz CT molecular complexity index is 498. The maximum Gasteiger partial charge on any atom is 0.0697 e. The van der Waals surface area contributed by atoms with Crippen molar-refractivity contribution in [3.8, 4) is 5.69 Å². The number of rotatable bonds is 2. The molecule has 3 rings (SSSR count). The van der Waals surface area contributed by atoms with Gasteiger partial charge in [0.25, 0.3) is 0 Å². The fraction of sp³-hybridized carbons (Fsp3) is 0.385. The van der Waals surface area contributed by atoms with Gasteiger partial charge in [-0.3, -0.25) is 0 Å². The highest BCUT2D eigenvalue weighted by Crippen LogP contribution is 2.36. The molecule has 1 heterocycles. The van der Waals surface area contributed by atoms with Crippen LogP contribution in [-0.2, 0) is 5.54 Å². The lowest BCUT2D eigenvalue weighted by Crippen LogP contribution is -2.33. The zero-order valence-corrected chi connectivity index (χ0v) is 9.71. The smallest absolute Gasteiger partial charge is 0.0697 e. The summed E-state index contributed by atoms with van der Waals surface area (Å²) >= 11 is 0. The second-order valence-corrected chi connectivity index (χ2v) is 4.76. The minimum Gasteiger partial charge on any atom is -0.321 e. The lowest BCUT2D eigenvalue weighted by Gasteiger charge is -2.24. The van der Waals surface area contributed by atoms with Crippen molar-refractivity contribution in [1.29, 1.82) is 0 Å². The standard InChI is InChI=1S/C13H16N4/c14-13(6-1-2-7-13)11-4-3-5-12(10-11)17-9-8-15-16-17/h3-5,8-10H,1-2,6-7,14H2. The molecule has 0 saturated heterocycles. The zero-order valence-electron chi connectivity index (χ0n) is 9.71. The summed E-state index contributed by atoms with van der Waals surface area (Å²) < 4.78 is 1.77. The van der Waals surface area contributed by atoms with Crippen LogP contribution in [0.3, 0.4) is 0 Å². The average molecular weight is 228 g/mol. The molecule has 1 saturated carbocycles. The zero-order chi connectivity index (χ0) is 11.7. The number of nitrogens with two attached hydrogens (primary N) is 1. The SMILES string of the molecule is NC1(c2cccc(-n3ccnn3)c2)CCCC1. The van der Waals surface area contributed by atoms with E-state index in [1.807, 2.05) is 18.3 Å². The van der Waals surface area contributed by atoms with Gasteiger partial charge in [0.1, 0.15) is 0 Å². The van der Waals surface area contributed by atoms with E-state index in [0.717, 1.165) is 18.5 Å². The van der Waals surface area contributed by atoms with E-state index in [1.54, 1.807) is 10.9 Å². The van der Waals surface area contributed by atoms with E-state index in [9.17, 15) is 0 Å². The maximum atomic E-state index is 6.46. The molecule has 0 bridgehead atoms. The molecule has 4 nitrogen and oxygen atoms in total. The molecule has 4 heteroatoms. The Balaban J connectivity index is 1.99. The number of hydrogen-bond acceptors (Lipinski definition) is 3. The van der Waals surface area contributed by atoms with Crippen molar-refractivity contribution < 1.29 is 0 Å². The van der Waals surface area contributed by atoms with Gasteiger partial charge in [0.15, 0.2) is 0 Å². The van der Waals surface area contributed by atoms with Crippen molar-refractivity contribution >= 4 is 0 Å². The summed E-state index contributed by atoms with van der Waals surface area (Å²) in [5.74, 6) is 0. The number of benzene rings is 1. The summed E-state index contributed by atoms with van der Waals surface area (Å²) in [5, 5.41) is 7.83. The number of hydrogen-bond donors (Lipinski definition) is 1. The molecule has 0 unspecified atom stereocenters. The van der Waals surface area contributed by atoms with Crippen LogP contribution >= 0.6 is 0 Å². The quantitative estimate of drug-likeness (QED) is 0.855. The molecule has 0 atom stereocenters. The average Bonchev–Trinajstić information content (AvgIpc) is 3.01. The number of aromatic nitrogens is 3. The Morgan fingerprint density at radius 1 is 1.24 bits per heavy atom. The fourth-order valence-corrected chi connectivity index (χ4v) is 2.60. The summed E-state index contributed by atoms with van der Waals surface area (Å²) in [6.07, 6.45) is 8.13. The van der Waals surface area contributed by atoms with Gasteiger partial charge >= 0.3 is 0 Å². The highest BCUT2D eigenvalue weighted by atomic mass is 15.4. The minimum absolute atomic E-state index is 0.142. The normalized spacial score (nSPS) is 18.4. The van der Waals surface area contributed by atoms with E-state index in [1.165, 1.54) is 18.4 Å². The molecule has 0 aliphatic heterocycles. The van der Waals surface area contributed by atoms with Crippen molar-refractivity contribution in [1.82, 2.24) is 15.0 Å². The highest BCUT2D eigenvalue weighted by molar-refractivity contribution is 5.38. The first-order valence-electron chi connectivity index (χ1n) is 6.04. The van der Waals surface area contributed by atoms with Gasteiger partial charge in [-0.2, -0.15) is 0 Å². The van der Waals surface area contributed by atoms with E-state index in [4.69, 9.17) is 5.73 Å². The molecule has 88 valence electrons. The summed E-state index contributed by atoms with van der Waals surface area (Å²) in [6.45, 7) is 0. The monoisotopic (exact) mass is 228 g/mol. The summed E-state index contributed by atoms with van der Waals surface area (Å²) in [7, 11) is 0. The van der Waals surface area contributed by atoms with Crippen LogP contribution < -0.4 is 5.73 Å². The molecular formula is C13H16N4. The van der Waals surface area contributed by atoms with Crippen LogP contribution in [0.2, 0.25) is 0 Å². The van der Waals surface area contributed by atoms with Gasteiger partial charge in [-0.05, 0) is 30.5 Å². The van der Waals surface area contributed by atoms with Crippen LogP contribution in [0.4, 0.5) is 0 Å². The predicted octanol–water partition coefficient (Wildman–Crippen LogP) is 2.00. The first-order valence-corrected chi connectivity index (χ1v) is 6.04. The van der Waals surface area contributed by atoms with E-state index in [2.05, 4.69) is 22.4 Å². The van der Waals surface area contributed by atoms with E-state index in [0.29, 0.717) is 0 Å². The molecule has 1 aromatic carbocycles. The van der Waals surface area contributed by atoms with E-state index < -0.39 is 0 Å². The van der Waals surface area contributed by atoms with Crippen molar-refractivity contribution in [2.45, 2.75) is 31.2 Å². The molecule has 0 radical (unpaired) electrons. The third kappa shape index (κ3) is 1.85. The predicted molar refractivity (Wildman–Crippen MR) is 65.7 cm³/mol. The van der Waals surface area contributed by atoms with Crippen LogP contribution in [0.15, 0.2) is 36.7 Å². The van der Waals surface area contributed by atoms with Crippen LogP contribution in [0, 0.1) is 0 Å². The van der Waals surface area contributed by atoms with Crippen LogP contribution in [-0.4, -0.2) is 15.0 Å². The van der Waals surface area contributed by atoms with Crippen molar-refractivity contribution in [2.75, 3.05) is 0 Å². The minimum atomic E-state index is -0.142. The molecule has 2 N–H and O–H groups in total. The highest BCUT2D eigenvalue weighted by Gasteiger charge is 2.31. The molecule has 1 aliphatic rings. The second-order valence-electron chi connectivity index (χ2n) is 4.76. The largest absolute Gasteiger partial charge is 0.321 e. The Kier molecular flexibility index (Phi) is 2.44. The lowest BCUT2D eigenvalue weighted by molar-refractivity contribution is 0.461. The van der Waals surface area contributed by atoms with Crippen molar-refractivity contribution in [3.05, 3.63) is 42.2 Å². The van der Waals surface area contributed by atoms with Gasteiger partial charge in [-0.25, -0.2) is 4.68 Å². The van der Waals surface area contributed by atoms with Crippen molar-refractivity contribution in [2.24, 2.45) is 5.73 Å². The second kappa shape index (κ2) is 3.96. The van der Waals surface area contributed by atoms with Gasteiger partial charge in [0, 0.05) is 5.54 Å². The van der Waals surface area contributed by atoms with E-state index >= 15 is 0 Å². The van der Waals surface area contributed by atoms with Gasteiger partial charge in [0.2, 0.25) is 0 Å². The first kappa shape index (κ1) is 10.5. The molecule has 1 fully saturated rings. The molecule has 0 amide bonds. The molecule has 1 aromatic heterocycles. The molecule has 17 heavy (non-hydrogen) atoms. The van der Waals surface area contributed by atoms with Crippen LogP contribution in [0.25, 0.3) is 5.69 Å². The maximum absolute atomic E-state index is 6.46. The Hall–Kier alpha value is -1.68. The van der Waals surface area contributed by atoms with Gasteiger partial charge in [-0.15, -0.1) is 5.10 Å². The van der Waals surface area contributed by atoms with Crippen LogP contribution in [0.1, 0.15) is 31.2 Å². The summed E-state index contributed by atoms with van der Waals surface area (Å²) in [5.41, 5.74) is 8.55. The Morgan fingerprint density at radius 2 is 2.06 bits per heavy atom. The molecule has 1 aliphatic carbocycles. The Labute approximate surface area is 100 Å². The van der Waals surface area contributed by atoms with Crippen molar-refractivity contribution in [3.63, 3.8) is 0 Å². The molecular weight excluding hydrogens is 212 g/mol.